The molecule has 0 spiro atoms. The molecule has 1 aromatic heterocycles. The molecule has 80 valence electrons. The van der Waals surface area contributed by atoms with Crippen LogP contribution in [0.2, 0.25) is 0 Å². The van der Waals surface area contributed by atoms with Gasteiger partial charge in [-0.2, -0.15) is 0 Å². The molecule has 2 N–H and O–H groups in total. The molecule has 1 atom stereocenters. The second-order valence-corrected chi connectivity index (χ2v) is 4.78. The summed E-state index contributed by atoms with van der Waals surface area (Å²) in [5, 5.41) is 3.03. The van der Waals surface area contributed by atoms with Crippen LogP contribution in [-0.4, -0.2) is 12.1 Å². The highest BCUT2D eigenvalue weighted by molar-refractivity contribution is 7.09. The monoisotopic (exact) mass is 214 g/mol. The van der Waals surface area contributed by atoms with Crippen LogP contribution in [0.25, 0.3) is 0 Å². The molecule has 1 unspecified atom stereocenters. The minimum Gasteiger partial charge on any atom is -0.378 e. The fourth-order valence-electron chi connectivity index (χ4n) is 1.31. The van der Waals surface area contributed by atoms with Gasteiger partial charge in [0.2, 0.25) is 0 Å². The number of thiazole rings is 1. The van der Waals surface area contributed by atoms with Crippen LogP contribution in [0.4, 0.5) is 0 Å². The van der Waals surface area contributed by atoms with Gasteiger partial charge in [0, 0.05) is 18.5 Å². The topological polar surface area (TPSA) is 48.1 Å². The van der Waals surface area contributed by atoms with E-state index in [1.165, 1.54) is 0 Å². The predicted octanol–water partition coefficient (Wildman–Crippen LogP) is 2.34. The second kappa shape index (κ2) is 5.44. The van der Waals surface area contributed by atoms with E-state index in [9.17, 15) is 0 Å². The van der Waals surface area contributed by atoms with E-state index in [-0.39, 0.29) is 6.04 Å². The van der Waals surface area contributed by atoms with Crippen molar-refractivity contribution in [3.05, 3.63) is 16.1 Å². The van der Waals surface area contributed by atoms with Crippen molar-refractivity contribution in [2.75, 3.05) is 7.11 Å². The molecule has 3 nitrogen and oxygen atoms in total. The summed E-state index contributed by atoms with van der Waals surface area (Å²) in [6, 6.07) is 0.0665. The molecule has 4 heteroatoms. The second-order valence-electron chi connectivity index (χ2n) is 3.84. The van der Waals surface area contributed by atoms with Crippen molar-refractivity contribution in [1.82, 2.24) is 4.98 Å². The minimum atomic E-state index is 0.0665. The van der Waals surface area contributed by atoms with E-state index in [1.54, 1.807) is 18.4 Å². The quantitative estimate of drug-likeness (QED) is 0.818. The van der Waals surface area contributed by atoms with Gasteiger partial charge in [-0.15, -0.1) is 11.3 Å². The molecule has 0 bridgehead atoms. The molecule has 0 saturated carbocycles. The van der Waals surface area contributed by atoms with E-state index in [2.05, 4.69) is 18.8 Å². The van der Waals surface area contributed by atoms with Gasteiger partial charge >= 0.3 is 0 Å². The molecule has 14 heavy (non-hydrogen) atoms. The lowest BCUT2D eigenvalue weighted by Gasteiger charge is -2.10. The zero-order chi connectivity index (χ0) is 10.6. The SMILES string of the molecule is COCc1nc(C(N)CC(C)C)cs1. The summed E-state index contributed by atoms with van der Waals surface area (Å²) in [6.45, 7) is 4.92. The Morgan fingerprint density at radius 3 is 2.86 bits per heavy atom. The molecule has 1 heterocycles. The number of hydrogen-bond acceptors (Lipinski definition) is 4. The van der Waals surface area contributed by atoms with Gasteiger partial charge in [0.05, 0.1) is 12.3 Å². The number of methoxy groups -OCH3 is 1. The zero-order valence-electron chi connectivity index (χ0n) is 8.99. The van der Waals surface area contributed by atoms with E-state index in [0.717, 1.165) is 17.1 Å². The number of hydrogen-bond donors (Lipinski definition) is 1. The number of aromatic nitrogens is 1. The fraction of sp³-hybridized carbons (Fsp3) is 0.700. The van der Waals surface area contributed by atoms with E-state index < -0.39 is 0 Å². The van der Waals surface area contributed by atoms with Crippen molar-refractivity contribution in [2.24, 2.45) is 11.7 Å². The average Bonchev–Trinajstić information content (AvgIpc) is 2.52. The van der Waals surface area contributed by atoms with Crippen LogP contribution >= 0.6 is 11.3 Å². The van der Waals surface area contributed by atoms with Gasteiger partial charge in [-0.25, -0.2) is 4.98 Å². The van der Waals surface area contributed by atoms with Gasteiger partial charge in [0.15, 0.2) is 0 Å². The van der Waals surface area contributed by atoms with Gasteiger partial charge in [-0.05, 0) is 12.3 Å². The zero-order valence-corrected chi connectivity index (χ0v) is 9.80. The van der Waals surface area contributed by atoms with Gasteiger partial charge in [0.25, 0.3) is 0 Å². The highest BCUT2D eigenvalue weighted by Crippen LogP contribution is 2.21. The number of nitrogens with two attached hydrogens (primary N) is 1. The maximum absolute atomic E-state index is 6.01. The molecule has 0 aliphatic rings. The summed E-state index contributed by atoms with van der Waals surface area (Å²) < 4.78 is 5.01. The van der Waals surface area contributed by atoms with Crippen molar-refractivity contribution < 1.29 is 4.74 Å². The first-order valence-corrected chi connectivity index (χ1v) is 5.70. The van der Waals surface area contributed by atoms with Crippen molar-refractivity contribution in [3.8, 4) is 0 Å². The first kappa shape index (κ1) is 11.6. The fourth-order valence-corrected chi connectivity index (χ4v) is 2.14. The Hall–Kier alpha value is -0.450. The maximum Gasteiger partial charge on any atom is 0.119 e. The smallest absolute Gasteiger partial charge is 0.119 e. The van der Waals surface area contributed by atoms with Crippen LogP contribution in [0.5, 0.6) is 0 Å². The molecule has 1 rings (SSSR count). The van der Waals surface area contributed by atoms with E-state index >= 15 is 0 Å². The Labute approximate surface area is 89.3 Å². The highest BCUT2D eigenvalue weighted by atomic mass is 32.1. The normalized spacial score (nSPS) is 13.5. The summed E-state index contributed by atoms with van der Waals surface area (Å²) in [5.41, 5.74) is 7.00. The van der Waals surface area contributed by atoms with Crippen LogP contribution in [0.3, 0.4) is 0 Å². The first-order valence-electron chi connectivity index (χ1n) is 4.82. The molecular weight excluding hydrogens is 196 g/mol. The van der Waals surface area contributed by atoms with Crippen molar-refractivity contribution >= 4 is 11.3 Å². The maximum atomic E-state index is 6.01. The average molecular weight is 214 g/mol. The Morgan fingerprint density at radius 1 is 1.57 bits per heavy atom. The summed E-state index contributed by atoms with van der Waals surface area (Å²) in [4.78, 5) is 4.42. The lowest BCUT2D eigenvalue weighted by atomic mass is 10.0. The molecule has 1 aromatic rings. The molecule has 0 amide bonds. The van der Waals surface area contributed by atoms with Crippen LogP contribution in [-0.2, 0) is 11.3 Å². The molecule has 0 fully saturated rings. The van der Waals surface area contributed by atoms with Gasteiger partial charge in [-0.1, -0.05) is 13.8 Å². The summed E-state index contributed by atoms with van der Waals surface area (Å²) >= 11 is 1.61. The lowest BCUT2D eigenvalue weighted by Crippen LogP contribution is -2.13. The number of nitrogens with zero attached hydrogens (tertiary/aromatic N) is 1. The van der Waals surface area contributed by atoms with Crippen molar-refractivity contribution in [2.45, 2.75) is 32.9 Å². The van der Waals surface area contributed by atoms with Crippen LogP contribution < -0.4 is 5.73 Å². The van der Waals surface area contributed by atoms with Gasteiger partial charge in [-0.3, -0.25) is 0 Å². The van der Waals surface area contributed by atoms with Crippen LogP contribution in [0, 0.1) is 5.92 Å². The Morgan fingerprint density at radius 2 is 2.29 bits per heavy atom. The third-order valence-electron chi connectivity index (χ3n) is 1.94. The molecule has 0 aliphatic carbocycles. The minimum absolute atomic E-state index is 0.0665. The Kier molecular flexibility index (Phi) is 4.51. The van der Waals surface area contributed by atoms with Crippen molar-refractivity contribution in [3.63, 3.8) is 0 Å². The third kappa shape index (κ3) is 3.36. The van der Waals surface area contributed by atoms with E-state index in [1.807, 2.05) is 5.38 Å². The third-order valence-corrected chi connectivity index (χ3v) is 2.78. The largest absolute Gasteiger partial charge is 0.378 e. The number of rotatable bonds is 5. The van der Waals surface area contributed by atoms with Gasteiger partial charge < -0.3 is 10.5 Å². The number of ether oxygens (including phenoxy) is 1. The highest BCUT2D eigenvalue weighted by Gasteiger charge is 2.11. The van der Waals surface area contributed by atoms with Gasteiger partial charge in [0.1, 0.15) is 5.01 Å². The van der Waals surface area contributed by atoms with E-state index in [0.29, 0.717) is 12.5 Å². The van der Waals surface area contributed by atoms with Crippen molar-refractivity contribution in [1.29, 1.82) is 0 Å². The Balaban J connectivity index is 2.57. The molecule has 0 saturated heterocycles. The Bertz CT molecular complexity index is 273. The molecule has 0 radical (unpaired) electrons. The summed E-state index contributed by atoms with van der Waals surface area (Å²) in [5.74, 6) is 0.609. The molecular formula is C10H18N2OS. The van der Waals surface area contributed by atoms with Crippen LogP contribution in [0.1, 0.15) is 37.0 Å². The van der Waals surface area contributed by atoms with Crippen LogP contribution in [0.15, 0.2) is 5.38 Å². The summed E-state index contributed by atoms with van der Waals surface area (Å²) in [7, 11) is 1.68. The molecule has 0 aliphatic heterocycles. The molecule has 0 aromatic carbocycles. The lowest BCUT2D eigenvalue weighted by molar-refractivity contribution is 0.184. The predicted molar refractivity (Wildman–Crippen MR) is 59.2 cm³/mol. The van der Waals surface area contributed by atoms with E-state index in [4.69, 9.17) is 10.5 Å². The standard InChI is InChI=1S/C10H18N2OS/c1-7(2)4-8(11)9-6-14-10(12-9)5-13-3/h6-8H,4-5,11H2,1-3H3. The summed E-state index contributed by atoms with van der Waals surface area (Å²) in [6.07, 6.45) is 0.982. The first-order chi connectivity index (χ1) is 6.63.